The fourth-order valence-electron chi connectivity index (χ4n) is 3.52. The summed E-state index contributed by atoms with van der Waals surface area (Å²) in [6.45, 7) is 1.59. The summed E-state index contributed by atoms with van der Waals surface area (Å²) in [6, 6.07) is 7.87. The van der Waals surface area contributed by atoms with E-state index in [1.54, 1.807) is 24.3 Å². The quantitative estimate of drug-likeness (QED) is 0.932. The number of anilines is 1. The molecule has 2 fully saturated rings. The second kappa shape index (κ2) is 6.36. The van der Waals surface area contributed by atoms with Crippen molar-refractivity contribution >= 4 is 11.7 Å². The first-order valence-electron chi connectivity index (χ1n) is 8.32. The smallest absolute Gasteiger partial charge is 0.229 e. The minimum Gasteiger partial charge on any atom is -0.381 e. The zero-order valence-electron chi connectivity index (χ0n) is 13.2. The zero-order chi connectivity index (χ0) is 16.5. The third kappa shape index (κ3) is 3.06. The number of ether oxygens (including phenoxy) is 1. The number of hydrogen-bond acceptors (Lipinski definition) is 4. The highest BCUT2D eigenvalue weighted by Gasteiger charge is 2.47. The molecule has 2 aromatic rings. The second-order valence-electron chi connectivity index (χ2n) is 6.50. The largest absolute Gasteiger partial charge is 0.381 e. The van der Waals surface area contributed by atoms with E-state index in [-0.39, 0.29) is 17.6 Å². The lowest BCUT2D eigenvalue weighted by molar-refractivity contribution is -0.117. The van der Waals surface area contributed by atoms with Gasteiger partial charge in [-0.05, 0) is 43.2 Å². The van der Waals surface area contributed by atoms with Crippen LogP contribution in [0.2, 0.25) is 0 Å². The number of rotatable bonds is 4. The van der Waals surface area contributed by atoms with Crippen LogP contribution in [0.5, 0.6) is 0 Å². The minimum absolute atomic E-state index is 0.0279. The molecule has 4 rings (SSSR count). The second-order valence-corrected chi connectivity index (χ2v) is 6.50. The Hall–Kier alpha value is -2.21. The van der Waals surface area contributed by atoms with Crippen LogP contribution in [-0.4, -0.2) is 24.3 Å². The van der Waals surface area contributed by atoms with E-state index in [1.165, 1.54) is 6.07 Å². The van der Waals surface area contributed by atoms with Crippen molar-refractivity contribution in [1.29, 1.82) is 0 Å². The number of carbonyl (C=O) groups excluding carboxylic acids is 1. The Kier molecular flexibility index (Phi) is 4.06. The lowest BCUT2D eigenvalue weighted by Gasteiger charge is -2.21. The average Bonchev–Trinajstić information content (AvgIpc) is 3.29. The molecule has 0 bridgehead atoms. The van der Waals surface area contributed by atoms with Gasteiger partial charge in [0.1, 0.15) is 5.82 Å². The van der Waals surface area contributed by atoms with Gasteiger partial charge >= 0.3 is 0 Å². The van der Waals surface area contributed by atoms with Crippen molar-refractivity contribution in [3.63, 3.8) is 0 Å². The number of nitrogens with one attached hydrogen (secondary N) is 1. The van der Waals surface area contributed by atoms with Gasteiger partial charge in [0.2, 0.25) is 5.91 Å². The number of benzene rings is 1. The van der Waals surface area contributed by atoms with Crippen LogP contribution in [-0.2, 0) is 9.53 Å². The summed E-state index contributed by atoms with van der Waals surface area (Å²) < 4.78 is 24.3. The summed E-state index contributed by atoms with van der Waals surface area (Å²) in [5.74, 6) is 1.30. The Morgan fingerprint density at radius 1 is 1.25 bits per heavy atom. The van der Waals surface area contributed by atoms with E-state index in [2.05, 4.69) is 10.5 Å². The first-order valence-corrected chi connectivity index (χ1v) is 8.32. The molecular formula is C18H19FN2O3. The molecule has 1 N–H and O–H groups in total. The van der Waals surface area contributed by atoms with Gasteiger partial charge in [0.05, 0.1) is 5.56 Å². The summed E-state index contributed by atoms with van der Waals surface area (Å²) >= 11 is 0. The predicted molar refractivity (Wildman–Crippen MR) is 85.7 cm³/mol. The molecule has 1 amide bonds. The molecule has 1 aromatic carbocycles. The minimum atomic E-state index is -0.381. The van der Waals surface area contributed by atoms with E-state index in [0.29, 0.717) is 29.0 Å². The molecule has 2 atom stereocenters. The third-order valence-corrected chi connectivity index (χ3v) is 4.95. The van der Waals surface area contributed by atoms with E-state index in [9.17, 15) is 9.18 Å². The average molecular weight is 330 g/mol. The van der Waals surface area contributed by atoms with Crippen molar-refractivity contribution in [2.75, 3.05) is 18.5 Å². The molecule has 1 saturated heterocycles. The number of nitrogens with zero attached hydrogens (tertiary/aromatic N) is 1. The van der Waals surface area contributed by atoms with Gasteiger partial charge in [-0.15, -0.1) is 0 Å². The van der Waals surface area contributed by atoms with Crippen molar-refractivity contribution in [2.45, 2.75) is 19.3 Å². The lowest BCUT2D eigenvalue weighted by Crippen LogP contribution is -2.21. The maximum Gasteiger partial charge on any atom is 0.229 e. The molecule has 1 saturated carbocycles. The van der Waals surface area contributed by atoms with Crippen LogP contribution in [0, 0.1) is 23.6 Å². The summed E-state index contributed by atoms with van der Waals surface area (Å²) in [6.07, 6.45) is 3.00. The normalized spacial score (nSPS) is 23.9. The van der Waals surface area contributed by atoms with Crippen molar-refractivity contribution in [3.8, 4) is 11.3 Å². The van der Waals surface area contributed by atoms with Crippen LogP contribution < -0.4 is 5.32 Å². The highest BCUT2D eigenvalue weighted by Crippen LogP contribution is 2.48. The molecule has 1 aliphatic heterocycles. The van der Waals surface area contributed by atoms with Crippen molar-refractivity contribution in [2.24, 2.45) is 17.8 Å². The fraction of sp³-hybridized carbons (Fsp3) is 0.444. The van der Waals surface area contributed by atoms with Crippen LogP contribution in [0.25, 0.3) is 11.3 Å². The Bertz CT molecular complexity index is 739. The van der Waals surface area contributed by atoms with E-state index in [4.69, 9.17) is 9.26 Å². The molecule has 2 heterocycles. The zero-order valence-corrected chi connectivity index (χ0v) is 13.2. The number of aromatic nitrogens is 1. The standard InChI is InChI=1S/C18H19FN2O3/c19-15-4-2-1-3-12(15)16-10-17(21-24-16)20-18(22)14-9-13(14)11-5-7-23-8-6-11/h1-4,10-11,13-14H,5-9H2,(H,20,21,22)/t13-,14+/m0/s1. The van der Waals surface area contributed by atoms with Gasteiger partial charge in [-0.25, -0.2) is 4.39 Å². The molecule has 0 unspecified atom stereocenters. The number of carbonyl (C=O) groups is 1. The van der Waals surface area contributed by atoms with Crippen LogP contribution in [0.3, 0.4) is 0 Å². The van der Waals surface area contributed by atoms with Crippen molar-refractivity contribution < 1.29 is 18.4 Å². The van der Waals surface area contributed by atoms with E-state index < -0.39 is 0 Å². The van der Waals surface area contributed by atoms with Crippen LogP contribution in [0.1, 0.15) is 19.3 Å². The van der Waals surface area contributed by atoms with Gasteiger partial charge in [0.25, 0.3) is 0 Å². The van der Waals surface area contributed by atoms with E-state index in [0.717, 1.165) is 32.5 Å². The lowest BCUT2D eigenvalue weighted by atomic mass is 9.93. The Balaban J connectivity index is 1.38. The SMILES string of the molecule is O=C(Nc1cc(-c2ccccc2F)on1)[C@@H]1C[C@H]1C1CCOCC1. The molecule has 6 heteroatoms. The molecule has 1 aromatic heterocycles. The Morgan fingerprint density at radius 3 is 2.83 bits per heavy atom. The number of amides is 1. The van der Waals surface area contributed by atoms with Gasteiger partial charge in [-0.1, -0.05) is 17.3 Å². The first kappa shape index (κ1) is 15.3. The molecular weight excluding hydrogens is 311 g/mol. The molecule has 0 radical (unpaired) electrons. The summed E-state index contributed by atoms with van der Waals surface area (Å²) in [7, 11) is 0. The number of hydrogen-bond donors (Lipinski definition) is 1. The van der Waals surface area contributed by atoms with Gasteiger partial charge in [-0.2, -0.15) is 0 Å². The van der Waals surface area contributed by atoms with Crippen molar-refractivity contribution in [1.82, 2.24) is 5.16 Å². The van der Waals surface area contributed by atoms with Gasteiger partial charge in [0.15, 0.2) is 11.6 Å². The number of halogens is 1. The van der Waals surface area contributed by atoms with Crippen molar-refractivity contribution in [3.05, 3.63) is 36.1 Å². The molecule has 24 heavy (non-hydrogen) atoms. The first-order chi connectivity index (χ1) is 11.7. The maximum atomic E-state index is 13.8. The van der Waals surface area contributed by atoms with Crippen LogP contribution in [0.15, 0.2) is 34.9 Å². The monoisotopic (exact) mass is 330 g/mol. The topological polar surface area (TPSA) is 64.4 Å². The van der Waals surface area contributed by atoms with E-state index in [1.807, 2.05) is 0 Å². The molecule has 1 aliphatic carbocycles. The highest BCUT2D eigenvalue weighted by atomic mass is 19.1. The maximum absolute atomic E-state index is 13.8. The summed E-state index contributed by atoms with van der Waals surface area (Å²) in [4.78, 5) is 12.3. The van der Waals surface area contributed by atoms with Crippen LogP contribution in [0.4, 0.5) is 10.2 Å². The Labute approximate surface area is 139 Å². The Morgan fingerprint density at radius 2 is 2.04 bits per heavy atom. The fourth-order valence-corrected chi connectivity index (χ4v) is 3.52. The summed E-state index contributed by atoms with van der Waals surface area (Å²) in [5, 5.41) is 6.61. The van der Waals surface area contributed by atoms with Gasteiger partial charge in [0, 0.05) is 25.2 Å². The van der Waals surface area contributed by atoms with Gasteiger partial charge in [-0.3, -0.25) is 4.79 Å². The van der Waals surface area contributed by atoms with E-state index >= 15 is 0 Å². The summed E-state index contributed by atoms with van der Waals surface area (Å²) in [5.41, 5.74) is 0.331. The van der Waals surface area contributed by atoms with Crippen LogP contribution >= 0.6 is 0 Å². The molecule has 0 spiro atoms. The highest BCUT2D eigenvalue weighted by molar-refractivity contribution is 5.94. The predicted octanol–water partition coefficient (Wildman–Crippen LogP) is 3.48. The molecule has 2 aliphatic rings. The molecule has 5 nitrogen and oxygen atoms in total. The third-order valence-electron chi connectivity index (χ3n) is 4.95. The van der Waals surface area contributed by atoms with Gasteiger partial charge < -0.3 is 14.6 Å². The molecule has 126 valence electrons.